The average molecular weight is 746 g/mol. The highest BCUT2D eigenvalue weighted by molar-refractivity contribution is 6.35. The van der Waals surface area contributed by atoms with Crippen molar-refractivity contribution in [3.63, 3.8) is 0 Å². The molecule has 12 heteroatoms. The highest BCUT2D eigenvalue weighted by atomic mass is 35.5. The van der Waals surface area contributed by atoms with Gasteiger partial charge in [0.25, 0.3) is 5.91 Å². The molecule has 1 spiro atoms. The first-order chi connectivity index (χ1) is 25.2. The van der Waals surface area contributed by atoms with E-state index in [1.54, 1.807) is 28.0 Å². The lowest BCUT2D eigenvalue weighted by atomic mass is 9.85. The maximum atomic E-state index is 14.4. The summed E-state index contributed by atoms with van der Waals surface area (Å²) in [6, 6.07) is 21.8. The van der Waals surface area contributed by atoms with Crippen LogP contribution in [0.25, 0.3) is 0 Å². The second kappa shape index (κ2) is 15.9. The molecule has 2 unspecified atom stereocenters. The predicted octanol–water partition coefficient (Wildman–Crippen LogP) is 4.85. The molecule has 3 aliphatic heterocycles. The van der Waals surface area contributed by atoms with Crippen molar-refractivity contribution in [1.82, 2.24) is 25.8 Å². The van der Waals surface area contributed by atoms with Gasteiger partial charge in [0.2, 0.25) is 17.7 Å². The van der Waals surface area contributed by atoms with Gasteiger partial charge in [-0.3, -0.25) is 19.2 Å². The average Bonchev–Trinajstić information content (AvgIpc) is 3.42. The fraction of sp³-hybridized carbons (Fsp3) is 0.450. The van der Waals surface area contributed by atoms with Crippen LogP contribution in [-0.2, 0) is 38.6 Å². The van der Waals surface area contributed by atoms with E-state index in [0.29, 0.717) is 61.2 Å². The van der Waals surface area contributed by atoms with E-state index in [0.717, 1.165) is 42.5 Å². The Bertz CT molecular complexity index is 1790. The van der Waals surface area contributed by atoms with Gasteiger partial charge in [0, 0.05) is 47.8 Å². The van der Waals surface area contributed by atoms with E-state index in [-0.39, 0.29) is 42.6 Å². The number of hydrogen-bond donors (Lipinski definition) is 3. The van der Waals surface area contributed by atoms with Crippen LogP contribution in [0.1, 0.15) is 61.6 Å². The molecular formula is C40H46Cl2N6O4. The van der Waals surface area contributed by atoms with Gasteiger partial charge in [-0.1, -0.05) is 91.0 Å². The number of benzene rings is 3. The third-order valence-electron chi connectivity index (χ3n) is 11.2. The van der Waals surface area contributed by atoms with Crippen molar-refractivity contribution in [2.45, 2.75) is 88.0 Å². The van der Waals surface area contributed by atoms with Crippen LogP contribution in [0, 0.1) is 0 Å². The number of fused-ring (bicyclic) bond motifs is 1. The minimum Gasteiger partial charge on any atom is -0.352 e. The molecule has 0 bridgehead atoms. The van der Waals surface area contributed by atoms with Crippen LogP contribution < -0.4 is 20.9 Å². The largest absolute Gasteiger partial charge is 0.352 e. The molecule has 3 N–H and O–H groups in total. The Labute approximate surface area is 315 Å². The molecule has 3 aromatic carbocycles. The molecule has 10 nitrogen and oxygen atoms in total. The summed E-state index contributed by atoms with van der Waals surface area (Å²) >= 11 is 12.8. The molecule has 0 aromatic heterocycles. The number of anilines is 1. The molecular weight excluding hydrogens is 699 g/mol. The number of para-hydroxylation sites is 1. The normalized spacial score (nSPS) is 20.8. The van der Waals surface area contributed by atoms with Crippen molar-refractivity contribution in [2.24, 2.45) is 0 Å². The van der Waals surface area contributed by atoms with Crippen molar-refractivity contribution in [3.05, 3.63) is 99.5 Å². The highest BCUT2D eigenvalue weighted by Gasteiger charge is 2.54. The number of rotatable bonds is 9. The van der Waals surface area contributed by atoms with Crippen LogP contribution in [0.5, 0.6) is 0 Å². The topological polar surface area (TPSA) is 114 Å². The molecule has 52 heavy (non-hydrogen) atoms. The van der Waals surface area contributed by atoms with Crippen molar-refractivity contribution in [3.8, 4) is 0 Å². The number of halogens is 2. The van der Waals surface area contributed by atoms with Crippen LogP contribution in [0.2, 0.25) is 10.0 Å². The van der Waals surface area contributed by atoms with Gasteiger partial charge in [-0.2, -0.15) is 0 Å². The van der Waals surface area contributed by atoms with Crippen LogP contribution in [-0.4, -0.2) is 83.4 Å². The molecule has 4 amide bonds. The third kappa shape index (κ3) is 7.80. The quantitative estimate of drug-likeness (QED) is 0.289. The molecule has 2 atom stereocenters. The summed E-state index contributed by atoms with van der Waals surface area (Å²) in [5.41, 5.74) is 2.96. The van der Waals surface area contributed by atoms with Gasteiger partial charge < -0.3 is 30.7 Å². The van der Waals surface area contributed by atoms with E-state index in [2.05, 4.69) is 20.9 Å². The van der Waals surface area contributed by atoms with Gasteiger partial charge in [0.05, 0.1) is 12.7 Å². The molecule has 274 valence electrons. The number of amides is 4. The van der Waals surface area contributed by atoms with Crippen LogP contribution in [0.15, 0.2) is 72.8 Å². The Hall–Kier alpha value is -4.12. The molecule has 3 aromatic rings. The Balaban J connectivity index is 1.07. The number of carbonyl (C=O) groups excluding carboxylic acids is 4. The first-order valence-corrected chi connectivity index (χ1v) is 19.2. The number of likely N-dealkylation sites (tertiary alicyclic amines) is 1. The van der Waals surface area contributed by atoms with E-state index in [4.69, 9.17) is 23.2 Å². The van der Waals surface area contributed by atoms with Gasteiger partial charge >= 0.3 is 0 Å². The molecule has 3 heterocycles. The Morgan fingerprint density at radius 1 is 0.904 bits per heavy atom. The summed E-state index contributed by atoms with van der Waals surface area (Å²) in [6.07, 6.45) is 6.83. The van der Waals surface area contributed by atoms with Gasteiger partial charge in [0.15, 0.2) is 0 Å². The predicted molar refractivity (Wildman–Crippen MR) is 202 cm³/mol. The van der Waals surface area contributed by atoms with Gasteiger partial charge in [-0.25, -0.2) is 0 Å². The van der Waals surface area contributed by atoms with E-state index in [1.807, 2.05) is 54.6 Å². The summed E-state index contributed by atoms with van der Waals surface area (Å²) in [6.45, 7) is 1.48. The minimum absolute atomic E-state index is 0.00129. The minimum atomic E-state index is -0.902. The van der Waals surface area contributed by atoms with Crippen LogP contribution in [0.3, 0.4) is 0 Å². The number of nitrogens with zero attached hydrogens (tertiary/aromatic N) is 3. The number of piperidine rings is 1. The third-order valence-corrected chi connectivity index (χ3v) is 11.8. The van der Waals surface area contributed by atoms with E-state index >= 15 is 0 Å². The van der Waals surface area contributed by atoms with Crippen LogP contribution in [0.4, 0.5) is 5.69 Å². The van der Waals surface area contributed by atoms with Gasteiger partial charge in [0.1, 0.15) is 18.1 Å². The molecule has 1 saturated carbocycles. The van der Waals surface area contributed by atoms with E-state index in [1.165, 1.54) is 6.42 Å². The molecule has 4 aliphatic rings. The molecule has 7 rings (SSSR count). The first kappa shape index (κ1) is 36.2. The molecule has 0 radical (unpaired) electrons. The number of nitrogens with one attached hydrogen (secondary N) is 3. The smallest absolute Gasteiger partial charge is 0.250 e. The van der Waals surface area contributed by atoms with E-state index in [9.17, 15) is 19.2 Å². The lowest BCUT2D eigenvalue weighted by Crippen LogP contribution is -2.60. The zero-order chi connectivity index (χ0) is 36.2. The Kier molecular flexibility index (Phi) is 11.1. The highest BCUT2D eigenvalue weighted by Crippen LogP contribution is 2.40. The second-order valence-electron chi connectivity index (χ2n) is 14.6. The number of carbonyl (C=O) groups is 4. The lowest BCUT2D eigenvalue weighted by Gasteiger charge is -2.44. The molecule has 1 aliphatic carbocycles. The van der Waals surface area contributed by atoms with Crippen molar-refractivity contribution >= 4 is 52.5 Å². The molecule has 2 saturated heterocycles. The van der Waals surface area contributed by atoms with Gasteiger partial charge in [-0.05, 0) is 73.1 Å². The Morgan fingerprint density at radius 3 is 2.35 bits per heavy atom. The van der Waals surface area contributed by atoms with Crippen molar-refractivity contribution < 1.29 is 19.2 Å². The maximum absolute atomic E-state index is 14.4. The summed E-state index contributed by atoms with van der Waals surface area (Å²) in [5.74, 6) is -0.711. The second-order valence-corrected chi connectivity index (χ2v) is 15.4. The van der Waals surface area contributed by atoms with Gasteiger partial charge in [-0.15, -0.1) is 0 Å². The number of hydrogen-bond acceptors (Lipinski definition) is 6. The SMILES string of the molecule is O=C(CN1CN(c2ccccc2)C2(CCN(C(=O)C(Cc3ccc(Cl)cc3Cl)NC(=O)C3Cc4ccccc4CN3)CC2)C1=O)NC1CCCCC1. The zero-order valence-corrected chi connectivity index (χ0v) is 30.8. The Morgan fingerprint density at radius 2 is 1.62 bits per heavy atom. The van der Waals surface area contributed by atoms with E-state index < -0.39 is 17.6 Å². The van der Waals surface area contributed by atoms with Crippen molar-refractivity contribution in [2.75, 3.05) is 31.2 Å². The summed E-state index contributed by atoms with van der Waals surface area (Å²) in [7, 11) is 0. The first-order valence-electron chi connectivity index (χ1n) is 18.4. The van der Waals surface area contributed by atoms with Crippen molar-refractivity contribution in [1.29, 1.82) is 0 Å². The fourth-order valence-electron chi connectivity index (χ4n) is 8.35. The fourth-order valence-corrected chi connectivity index (χ4v) is 8.84. The summed E-state index contributed by atoms with van der Waals surface area (Å²) in [5, 5.41) is 10.4. The maximum Gasteiger partial charge on any atom is 0.250 e. The lowest BCUT2D eigenvalue weighted by molar-refractivity contribution is -0.141. The zero-order valence-electron chi connectivity index (χ0n) is 29.3. The monoisotopic (exact) mass is 744 g/mol. The summed E-state index contributed by atoms with van der Waals surface area (Å²) in [4.78, 5) is 61.1. The standard InChI is InChI=1S/C40H46Cl2N6O4/c41-30-16-15-28(33(42)23-30)22-35(45-37(50)34-21-27-9-7-8-10-29(27)24-43-34)38(51)46-19-17-40(18-20-46)39(52)47(26-48(40)32-13-5-2-6-14-32)25-36(49)44-31-11-3-1-4-12-31/h2,5-10,13-16,23,31,34-35,43H,1,3-4,11-12,17-22,24-26H2,(H,44,49)(H,45,50). The van der Waals surface area contributed by atoms with Crippen LogP contribution >= 0.6 is 23.2 Å². The summed E-state index contributed by atoms with van der Waals surface area (Å²) < 4.78 is 0. The molecule has 3 fully saturated rings.